The van der Waals surface area contributed by atoms with E-state index in [2.05, 4.69) is 25.8 Å². The fraction of sp³-hybridized carbons (Fsp3) is 0.214. The van der Waals surface area contributed by atoms with Crippen LogP contribution in [0.1, 0.15) is 5.56 Å². The van der Waals surface area contributed by atoms with Crippen LogP contribution in [0, 0.1) is 0 Å². The zero-order valence-corrected chi connectivity index (χ0v) is 12.5. The van der Waals surface area contributed by atoms with Crippen molar-refractivity contribution in [2.75, 3.05) is 18.1 Å². The van der Waals surface area contributed by atoms with Crippen molar-refractivity contribution in [3.63, 3.8) is 0 Å². The van der Waals surface area contributed by atoms with Crippen LogP contribution in [0.5, 0.6) is 5.75 Å². The first-order valence-electron chi connectivity index (χ1n) is 6.00. The van der Waals surface area contributed by atoms with Crippen molar-refractivity contribution in [2.45, 2.75) is 6.54 Å². The number of hydrogen-bond donors (Lipinski definition) is 0. The summed E-state index contributed by atoms with van der Waals surface area (Å²) in [6, 6.07) is 9.85. The van der Waals surface area contributed by atoms with E-state index < -0.39 is 0 Å². The van der Waals surface area contributed by atoms with Crippen molar-refractivity contribution in [1.29, 1.82) is 0 Å². The lowest BCUT2D eigenvalue weighted by Crippen LogP contribution is -2.32. The molecule has 1 aliphatic rings. The number of rotatable bonds is 2. The van der Waals surface area contributed by atoms with Gasteiger partial charge in [-0.3, -0.25) is 0 Å². The van der Waals surface area contributed by atoms with Gasteiger partial charge in [-0.25, -0.2) is 4.98 Å². The van der Waals surface area contributed by atoms with Gasteiger partial charge in [-0.15, -0.1) is 0 Å². The fourth-order valence-corrected chi connectivity index (χ4v) is 2.53. The Hall–Kier alpha value is -1.26. The van der Waals surface area contributed by atoms with E-state index in [0.717, 1.165) is 34.2 Å². The van der Waals surface area contributed by atoms with E-state index in [-0.39, 0.29) is 0 Å². The first-order chi connectivity index (χ1) is 9.22. The number of hydrogen-bond acceptors (Lipinski definition) is 3. The molecule has 0 unspecified atom stereocenters. The summed E-state index contributed by atoms with van der Waals surface area (Å²) in [5.74, 6) is 1.72. The standard InChI is InChI=1S/C14H12BrClN2O/c15-11-7-13-14(17-8-11)18(5-6-19-13)9-10-1-3-12(16)4-2-10/h1-4,7-8H,5-6,9H2. The molecule has 1 aliphatic heterocycles. The molecule has 0 amide bonds. The van der Waals surface area contributed by atoms with Crippen LogP contribution in [-0.4, -0.2) is 18.1 Å². The monoisotopic (exact) mass is 338 g/mol. The molecule has 3 nitrogen and oxygen atoms in total. The van der Waals surface area contributed by atoms with E-state index in [1.165, 1.54) is 5.56 Å². The summed E-state index contributed by atoms with van der Waals surface area (Å²) in [6.07, 6.45) is 1.79. The lowest BCUT2D eigenvalue weighted by atomic mass is 10.2. The largest absolute Gasteiger partial charge is 0.488 e. The Balaban J connectivity index is 1.85. The Morgan fingerprint density at radius 3 is 2.89 bits per heavy atom. The molecule has 0 bridgehead atoms. The number of ether oxygens (including phenoxy) is 1. The number of anilines is 1. The number of nitrogens with zero attached hydrogens (tertiary/aromatic N) is 2. The Morgan fingerprint density at radius 1 is 1.32 bits per heavy atom. The topological polar surface area (TPSA) is 25.4 Å². The normalized spacial score (nSPS) is 13.9. The van der Waals surface area contributed by atoms with Gasteiger partial charge < -0.3 is 9.64 Å². The third-order valence-corrected chi connectivity index (χ3v) is 3.69. The first-order valence-corrected chi connectivity index (χ1v) is 7.17. The van der Waals surface area contributed by atoms with Gasteiger partial charge in [-0.2, -0.15) is 0 Å². The van der Waals surface area contributed by atoms with Crippen LogP contribution in [0.25, 0.3) is 0 Å². The minimum absolute atomic E-state index is 0.679. The second-order valence-electron chi connectivity index (χ2n) is 4.37. The zero-order valence-electron chi connectivity index (χ0n) is 10.1. The summed E-state index contributed by atoms with van der Waals surface area (Å²) in [5.41, 5.74) is 1.21. The van der Waals surface area contributed by atoms with Crippen molar-refractivity contribution < 1.29 is 4.74 Å². The second-order valence-corrected chi connectivity index (χ2v) is 5.72. The molecule has 0 saturated heterocycles. The Morgan fingerprint density at radius 2 is 2.11 bits per heavy atom. The van der Waals surface area contributed by atoms with Crippen LogP contribution >= 0.6 is 27.5 Å². The summed E-state index contributed by atoms with van der Waals surface area (Å²) in [6.45, 7) is 2.32. The summed E-state index contributed by atoms with van der Waals surface area (Å²) < 4.78 is 6.57. The maximum Gasteiger partial charge on any atom is 0.171 e. The van der Waals surface area contributed by atoms with Gasteiger partial charge in [0.15, 0.2) is 11.6 Å². The molecular formula is C14H12BrClN2O. The van der Waals surface area contributed by atoms with Crippen molar-refractivity contribution in [2.24, 2.45) is 0 Å². The van der Waals surface area contributed by atoms with Crippen molar-refractivity contribution in [1.82, 2.24) is 4.98 Å². The maximum atomic E-state index is 5.90. The van der Waals surface area contributed by atoms with Crippen LogP contribution in [0.2, 0.25) is 5.02 Å². The Labute approximate surface area is 125 Å². The predicted octanol–water partition coefficient (Wildman–Crippen LogP) is 3.90. The highest BCUT2D eigenvalue weighted by atomic mass is 79.9. The molecule has 19 heavy (non-hydrogen) atoms. The molecule has 0 N–H and O–H groups in total. The molecule has 3 rings (SSSR count). The van der Waals surface area contributed by atoms with Crippen molar-refractivity contribution in [3.05, 3.63) is 51.6 Å². The number of aromatic nitrogens is 1. The van der Waals surface area contributed by atoms with E-state index >= 15 is 0 Å². The number of halogens is 2. The first kappa shape index (κ1) is 12.8. The van der Waals surface area contributed by atoms with E-state index in [1.807, 2.05) is 30.3 Å². The number of fused-ring (bicyclic) bond motifs is 1. The Kier molecular flexibility index (Phi) is 3.62. The minimum Gasteiger partial charge on any atom is -0.488 e. The highest BCUT2D eigenvalue weighted by molar-refractivity contribution is 9.10. The minimum atomic E-state index is 0.679. The van der Waals surface area contributed by atoms with E-state index in [4.69, 9.17) is 16.3 Å². The molecule has 0 spiro atoms. The molecule has 0 radical (unpaired) electrons. The van der Waals surface area contributed by atoms with E-state index in [1.54, 1.807) is 6.20 Å². The SMILES string of the molecule is Clc1ccc(CN2CCOc3cc(Br)cnc32)cc1. The maximum absolute atomic E-state index is 5.90. The van der Waals surface area contributed by atoms with Crippen LogP contribution < -0.4 is 9.64 Å². The number of benzene rings is 1. The van der Waals surface area contributed by atoms with Gasteiger partial charge in [0.25, 0.3) is 0 Å². The number of pyridine rings is 1. The van der Waals surface area contributed by atoms with Gasteiger partial charge in [0.1, 0.15) is 6.61 Å². The average molecular weight is 340 g/mol. The van der Waals surface area contributed by atoms with Crippen LogP contribution in [0.3, 0.4) is 0 Å². The molecule has 0 aliphatic carbocycles. The zero-order chi connectivity index (χ0) is 13.2. The van der Waals surface area contributed by atoms with Gasteiger partial charge in [0.2, 0.25) is 0 Å². The van der Waals surface area contributed by atoms with E-state index in [0.29, 0.717) is 6.61 Å². The molecule has 98 valence electrons. The molecule has 5 heteroatoms. The van der Waals surface area contributed by atoms with Crippen LogP contribution in [-0.2, 0) is 6.54 Å². The molecule has 2 heterocycles. The Bertz CT molecular complexity index is 588. The van der Waals surface area contributed by atoms with Crippen LogP contribution in [0.15, 0.2) is 41.0 Å². The van der Waals surface area contributed by atoms with Crippen LogP contribution in [0.4, 0.5) is 5.82 Å². The van der Waals surface area contributed by atoms with Gasteiger partial charge >= 0.3 is 0 Å². The molecule has 2 aromatic rings. The van der Waals surface area contributed by atoms with Gasteiger partial charge in [0.05, 0.1) is 6.54 Å². The second kappa shape index (κ2) is 5.39. The van der Waals surface area contributed by atoms with Crippen molar-refractivity contribution in [3.8, 4) is 5.75 Å². The van der Waals surface area contributed by atoms with Gasteiger partial charge in [0, 0.05) is 22.2 Å². The van der Waals surface area contributed by atoms with Gasteiger partial charge in [-0.05, 0) is 39.7 Å². The average Bonchev–Trinajstić information content (AvgIpc) is 2.41. The summed E-state index contributed by atoms with van der Waals surface area (Å²) in [7, 11) is 0. The fourth-order valence-electron chi connectivity index (χ4n) is 2.09. The summed E-state index contributed by atoms with van der Waals surface area (Å²) in [5, 5.41) is 0.758. The molecule has 0 saturated carbocycles. The summed E-state index contributed by atoms with van der Waals surface area (Å²) in [4.78, 5) is 6.66. The highest BCUT2D eigenvalue weighted by Gasteiger charge is 2.19. The molecule has 1 aromatic carbocycles. The predicted molar refractivity (Wildman–Crippen MR) is 79.9 cm³/mol. The lowest BCUT2D eigenvalue weighted by Gasteiger charge is -2.30. The quantitative estimate of drug-likeness (QED) is 0.830. The van der Waals surface area contributed by atoms with Crippen molar-refractivity contribution >= 4 is 33.3 Å². The molecular weight excluding hydrogens is 328 g/mol. The smallest absolute Gasteiger partial charge is 0.171 e. The van der Waals surface area contributed by atoms with Gasteiger partial charge in [-0.1, -0.05) is 23.7 Å². The molecule has 1 aromatic heterocycles. The third kappa shape index (κ3) is 2.85. The molecule has 0 fully saturated rings. The highest BCUT2D eigenvalue weighted by Crippen LogP contribution is 2.32. The lowest BCUT2D eigenvalue weighted by molar-refractivity contribution is 0.304. The summed E-state index contributed by atoms with van der Waals surface area (Å²) >= 11 is 9.31. The molecule has 0 atom stereocenters. The van der Waals surface area contributed by atoms with E-state index in [9.17, 15) is 0 Å². The third-order valence-electron chi connectivity index (χ3n) is 3.00.